The van der Waals surface area contributed by atoms with Crippen LogP contribution in [0.25, 0.3) is 10.7 Å². The van der Waals surface area contributed by atoms with Crippen molar-refractivity contribution in [2.45, 2.75) is 13.0 Å². The van der Waals surface area contributed by atoms with Gasteiger partial charge in [0, 0.05) is 24.7 Å². The Morgan fingerprint density at radius 1 is 1.09 bits per heavy atom. The predicted octanol–water partition coefficient (Wildman–Crippen LogP) is 3.40. The minimum Gasteiger partial charge on any atom is -0.333 e. The second-order valence-corrected chi connectivity index (χ2v) is 6.36. The quantitative estimate of drug-likeness (QED) is 0.727. The van der Waals surface area contributed by atoms with Crippen LogP contribution in [0.1, 0.15) is 21.6 Å². The van der Waals surface area contributed by atoms with E-state index in [1.54, 1.807) is 6.20 Å². The summed E-state index contributed by atoms with van der Waals surface area (Å²) < 4.78 is 0. The molecule has 3 heterocycles. The zero-order valence-electron chi connectivity index (χ0n) is 12.5. The molecule has 0 saturated heterocycles. The van der Waals surface area contributed by atoms with E-state index in [9.17, 15) is 4.79 Å². The van der Waals surface area contributed by atoms with Crippen molar-refractivity contribution in [3.63, 3.8) is 0 Å². The molecule has 5 heteroatoms. The van der Waals surface area contributed by atoms with E-state index in [2.05, 4.69) is 28.2 Å². The van der Waals surface area contributed by atoms with Crippen molar-refractivity contribution in [1.82, 2.24) is 14.9 Å². The van der Waals surface area contributed by atoms with Crippen LogP contribution in [0.4, 0.5) is 0 Å². The molecule has 1 aliphatic rings. The van der Waals surface area contributed by atoms with E-state index in [0.29, 0.717) is 12.2 Å². The van der Waals surface area contributed by atoms with Gasteiger partial charge in [-0.2, -0.15) is 0 Å². The fourth-order valence-electron chi connectivity index (χ4n) is 2.81. The van der Waals surface area contributed by atoms with Gasteiger partial charge in [0.1, 0.15) is 10.7 Å². The van der Waals surface area contributed by atoms with Gasteiger partial charge in [-0.15, -0.1) is 11.3 Å². The largest absolute Gasteiger partial charge is 0.333 e. The normalized spacial score (nSPS) is 13.7. The molecule has 114 valence electrons. The molecule has 2 aromatic heterocycles. The van der Waals surface area contributed by atoms with E-state index >= 15 is 0 Å². The molecule has 1 amide bonds. The number of benzene rings is 1. The molecule has 0 bridgehead atoms. The predicted molar refractivity (Wildman–Crippen MR) is 90.2 cm³/mol. The van der Waals surface area contributed by atoms with Crippen molar-refractivity contribution in [2.24, 2.45) is 0 Å². The third kappa shape index (κ3) is 2.75. The second-order valence-electron chi connectivity index (χ2n) is 5.50. The van der Waals surface area contributed by atoms with Gasteiger partial charge < -0.3 is 4.90 Å². The van der Waals surface area contributed by atoms with Crippen molar-refractivity contribution in [2.75, 3.05) is 6.54 Å². The van der Waals surface area contributed by atoms with Crippen molar-refractivity contribution >= 4 is 17.2 Å². The van der Waals surface area contributed by atoms with Crippen LogP contribution in [0, 0.1) is 0 Å². The third-order valence-corrected chi connectivity index (χ3v) is 4.89. The molecule has 4 rings (SSSR count). The summed E-state index contributed by atoms with van der Waals surface area (Å²) in [6.45, 7) is 1.40. The zero-order valence-corrected chi connectivity index (χ0v) is 13.3. The summed E-state index contributed by atoms with van der Waals surface area (Å²) in [4.78, 5) is 23.3. The number of rotatable bonds is 2. The van der Waals surface area contributed by atoms with Gasteiger partial charge in [0.2, 0.25) is 0 Å². The van der Waals surface area contributed by atoms with E-state index in [0.717, 1.165) is 23.7 Å². The Bertz CT molecular complexity index is 844. The zero-order chi connectivity index (χ0) is 15.6. The first-order valence-electron chi connectivity index (χ1n) is 7.54. The number of hydrogen-bond donors (Lipinski definition) is 0. The van der Waals surface area contributed by atoms with Crippen LogP contribution >= 0.6 is 11.3 Å². The topological polar surface area (TPSA) is 46.1 Å². The van der Waals surface area contributed by atoms with Crippen LogP contribution in [-0.4, -0.2) is 27.3 Å². The molecule has 0 spiro atoms. The Morgan fingerprint density at radius 2 is 1.91 bits per heavy atom. The highest BCUT2D eigenvalue weighted by Crippen LogP contribution is 2.24. The van der Waals surface area contributed by atoms with E-state index in [-0.39, 0.29) is 5.91 Å². The van der Waals surface area contributed by atoms with E-state index in [1.165, 1.54) is 22.5 Å². The van der Waals surface area contributed by atoms with Gasteiger partial charge in [-0.3, -0.25) is 9.78 Å². The second kappa shape index (κ2) is 5.93. The lowest BCUT2D eigenvalue weighted by Gasteiger charge is -2.28. The molecular weight excluding hydrogens is 306 g/mol. The molecule has 0 radical (unpaired) electrons. The van der Waals surface area contributed by atoms with Crippen molar-refractivity contribution < 1.29 is 4.79 Å². The summed E-state index contributed by atoms with van der Waals surface area (Å²) in [6.07, 6.45) is 2.64. The molecule has 23 heavy (non-hydrogen) atoms. The van der Waals surface area contributed by atoms with Gasteiger partial charge in [0.25, 0.3) is 5.91 Å². The molecular formula is C18H15N3OS. The molecule has 0 aliphatic carbocycles. The third-order valence-electron chi connectivity index (χ3n) is 4.03. The minimum absolute atomic E-state index is 0.00191. The van der Waals surface area contributed by atoms with Gasteiger partial charge in [-0.25, -0.2) is 4.98 Å². The van der Waals surface area contributed by atoms with E-state index in [1.807, 2.05) is 34.5 Å². The fourth-order valence-corrected chi connectivity index (χ4v) is 3.58. The summed E-state index contributed by atoms with van der Waals surface area (Å²) in [5.74, 6) is -0.00191. The monoisotopic (exact) mass is 321 g/mol. The smallest absolute Gasteiger partial charge is 0.273 e. The van der Waals surface area contributed by atoms with Gasteiger partial charge in [-0.05, 0) is 29.7 Å². The first kappa shape index (κ1) is 14.1. The summed E-state index contributed by atoms with van der Waals surface area (Å²) in [7, 11) is 0. The molecule has 1 aliphatic heterocycles. The van der Waals surface area contributed by atoms with E-state index < -0.39 is 0 Å². The average Bonchev–Trinajstić information content (AvgIpc) is 3.11. The van der Waals surface area contributed by atoms with Crippen molar-refractivity contribution in [3.05, 3.63) is 70.9 Å². The lowest BCUT2D eigenvalue weighted by atomic mass is 10.00. The SMILES string of the molecule is O=C(c1csc(-c2ccccn2)n1)N1CCc2ccccc2C1. The Morgan fingerprint density at radius 3 is 2.74 bits per heavy atom. The van der Waals surface area contributed by atoms with Gasteiger partial charge in [0.05, 0.1) is 5.69 Å². The lowest BCUT2D eigenvalue weighted by molar-refractivity contribution is 0.0729. The minimum atomic E-state index is -0.00191. The Balaban J connectivity index is 1.55. The molecule has 0 N–H and O–H groups in total. The molecule has 3 aromatic rings. The van der Waals surface area contributed by atoms with Crippen LogP contribution in [0.15, 0.2) is 54.0 Å². The van der Waals surface area contributed by atoms with Crippen molar-refractivity contribution in [1.29, 1.82) is 0 Å². The summed E-state index contributed by atoms with van der Waals surface area (Å²) in [5.41, 5.74) is 3.88. The number of carbonyl (C=O) groups is 1. The lowest BCUT2D eigenvalue weighted by Crippen LogP contribution is -2.36. The number of fused-ring (bicyclic) bond motifs is 1. The van der Waals surface area contributed by atoms with Crippen LogP contribution in [0.3, 0.4) is 0 Å². The number of nitrogens with zero attached hydrogens (tertiary/aromatic N) is 3. The highest BCUT2D eigenvalue weighted by Gasteiger charge is 2.23. The first-order chi connectivity index (χ1) is 11.3. The van der Waals surface area contributed by atoms with Crippen LogP contribution in [-0.2, 0) is 13.0 Å². The molecule has 4 nitrogen and oxygen atoms in total. The standard InChI is InChI=1S/C18H15N3OS/c22-18(21-10-8-13-5-1-2-6-14(13)11-21)16-12-23-17(20-16)15-7-3-4-9-19-15/h1-7,9,12H,8,10-11H2. The van der Waals surface area contributed by atoms with Gasteiger partial charge in [-0.1, -0.05) is 30.3 Å². The number of hydrogen-bond acceptors (Lipinski definition) is 4. The Kier molecular flexibility index (Phi) is 3.63. The molecule has 0 atom stereocenters. The molecule has 1 aromatic carbocycles. The maximum absolute atomic E-state index is 12.7. The molecule has 0 unspecified atom stereocenters. The summed E-state index contributed by atoms with van der Waals surface area (Å²) >= 11 is 1.46. The highest BCUT2D eigenvalue weighted by molar-refractivity contribution is 7.13. The number of thiazole rings is 1. The van der Waals surface area contributed by atoms with Crippen molar-refractivity contribution in [3.8, 4) is 10.7 Å². The van der Waals surface area contributed by atoms with Gasteiger partial charge in [0.15, 0.2) is 0 Å². The number of pyridine rings is 1. The molecule has 0 saturated carbocycles. The number of aromatic nitrogens is 2. The molecule has 0 fully saturated rings. The Labute approximate surface area is 138 Å². The summed E-state index contributed by atoms with van der Waals surface area (Å²) in [6, 6.07) is 14.0. The van der Waals surface area contributed by atoms with Crippen LogP contribution in [0.2, 0.25) is 0 Å². The average molecular weight is 321 g/mol. The maximum atomic E-state index is 12.7. The summed E-state index contributed by atoms with van der Waals surface area (Å²) in [5, 5.41) is 2.61. The van der Waals surface area contributed by atoms with Gasteiger partial charge >= 0.3 is 0 Å². The maximum Gasteiger partial charge on any atom is 0.273 e. The Hall–Kier alpha value is -2.53. The van der Waals surface area contributed by atoms with Crippen LogP contribution < -0.4 is 0 Å². The first-order valence-corrected chi connectivity index (χ1v) is 8.42. The van der Waals surface area contributed by atoms with Crippen LogP contribution in [0.5, 0.6) is 0 Å². The van der Waals surface area contributed by atoms with E-state index in [4.69, 9.17) is 0 Å². The fraction of sp³-hybridized carbons (Fsp3) is 0.167. The number of amides is 1. The highest BCUT2D eigenvalue weighted by atomic mass is 32.1. The number of carbonyl (C=O) groups excluding carboxylic acids is 1.